The largest absolute Gasteiger partial charge is 0.486 e. The molecule has 0 bridgehead atoms. The van der Waals surface area contributed by atoms with Crippen LogP contribution in [0, 0.1) is 0 Å². The molecule has 0 radical (unpaired) electrons. The quantitative estimate of drug-likeness (QED) is 0.277. The number of hydrogen-bond donors (Lipinski definition) is 1. The van der Waals surface area contributed by atoms with E-state index in [1.807, 2.05) is 43.3 Å². The maximum Gasteiger partial charge on any atom is 0.251 e. The van der Waals surface area contributed by atoms with Crippen molar-refractivity contribution in [3.05, 3.63) is 77.3 Å². The first-order valence-corrected chi connectivity index (χ1v) is 15.2. The van der Waals surface area contributed by atoms with E-state index in [2.05, 4.69) is 20.7 Å². The van der Waals surface area contributed by atoms with E-state index in [1.54, 1.807) is 42.5 Å². The van der Waals surface area contributed by atoms with Crippen LogP contribution in [0.25, 0.3) is 11.4 Å². The van der Waals surface area contributed by atoms with Crippen molar-refractivity contribution in [1.29, 1.82) is 0 Å². The average molecular weight is 632 g/mol. The fourth-order valence-electron chi connectivity index (χ4n) is 5.33. The van der Waals surface area contributed by atoms with Gasteiger partial charge >= 0.3 is 0 Å². The van der Waals surface area contributed by atoms with Crippen molar-refractivity contribution in [3.63, 3.8) is 0 Å². The van der Waals surface area contributed by atoms with E-state index in [0.717, 1.165) is 18.5 Å². The molecule has 1 saturated heterocycles. The van der Waals surface area contributed by atoms with Crippen molar-refractivity contribution in [2.45, 2.75) is 31.5 Å². The van der Waals surface area contributed by atoms with Gasteiger partial charge in [-0.25, -0.2) is 0 Å². The molecule has 1 N–H and O–H groups in total. The smallest absolute Gasteiger partial charge is 0.251 e. The lowest BCUT2D eigenvalue weighted by atomic mass is 10.0. The van der Waals surface area contributed by atoms with Crippen LogP contribution in [0.4, 0.5) is 11.4 Å². The Labute approximate surface area is 265 Å². The van der Waals surface area contributed by atoms with E-state index in [-0.39, 0.29) is 18.6 Å². The minimum atomic E-state index is -1.03. The molecule has 45 heavy (non-hydrogen) atoms. The minimum absolute atomic E-state index is 0.0743. The maximum atomic E-state index is 14.3. The third kappa shape index (κ3) is 7.02. The van der Waals surface area contributed by atoms with E-state index < -0.39 is 11.9 Å². The number of aromatic nitrogens is 4. The predicted molar refractivity (Wildman–Crippen MR) is 169 cm³/mol. The highest BCUT2D eigenvalue weighted by Gasteiger charge is 2.35. The van der Waals surface area contributed by atoms with Gasteiger partial charge in [0.15, 0.2) is 11.5 Å². The van der Waals surface area contributed by atoms with Crippen LogP contribution in [-0.2, 0) is 20.9 Å². The summed E-state index contributed by atoms with van der Waals surface area (Å²) in [5.41, 5.74) is 2.74. The summed E-state index contributed by atoms with van der Waals surface area (Å²) < 4.78 is 17.3. The van der Waals surface area contributed by atoms with Gasteiger partial charge in [0.05, 0.1) is 6.10 Å². The Morgan fingerprint density at radius 3 is 2.42 bits per heavy atom. The lowest BCUT2D eigenvalue weighted by Crippen LogP contribution is -2.46. The van der Waals surface area contributed by atoms with Crippen molar-refractivity contribution in [1.82, 2.24) is 25.5 Å². The van der Waals surface area contributed by atoms with Crippen LogP contribution in [-0.4, -0.2) is 78.6 Å². The van der Waals surface area contributed by atoms with Crippen molar-refractivity contribution < 1.29 is 23.8 Å². The lowest BCUT2D eigenvalue weighted by molar-refractivity contribution is -0.127. The second-order valence-electron chi connectivity index (χ2n) is 11.0. The molecule has 0 spiro atoms. The lowest BCUT2D eigenvalue weighted by Gasteiger charge is -2.32. The molecule has 13 heteroatoms. The van der Waals surface area contributed by atoms with E-state index in [1.165, 1.54) is 9.70 Å². The van der Waals surface area contributed by atoms with E-state index >= 15 is 0 Å². The Morgan fingerprint density at radius 2 is 1.71 bits per heavy atom. The molecule has 0 saturated carbocycles. The first-order chi connectivity index (χ1) is 21.9. The zero-order valence-electron chi connectivity index (χ0n) is 25.1. The zero-order valence-corrected chi connectivity index (χ0v) is 25.8. The summed E-state index contributed by atoms with van der Waals surface area (Å²) in [6, 6.07) is 18.7. The predicted octanol–water partition coefficient (Wildman–Crippen LogP) is 3.90. The number of ether oxygens (including phenoxy) is 3. The molecule has 3 aromatic carbocycles. The minimum Gasteiger partial charge on any atom is -0.486 e. The SMILES string of the molecule is CN(C)c1ccc(C(C(=O)NCC2CCCO2)N(C(=O)Cn2nnc(-c3ccc(Cl)cc3)n2)c2ccc3c(c2)OCCO3)cc1. The van der Waals surface area contributed by atoms with Gasteiger partial charge in [-0.05, 0) is 72.1 Å². The number of benzene rings is 3. The van der Waals surface area contributed by atoms with Crippen LogP contribution < -0.4 is 24.6 Å². The zero-order chi connectivity index (χ0) is 31.3. The maximum absolute atomic E-state index is 14.3. The molecule has 6 rings (SSSR count). The topological polar surface area (TPSA) is 124 Å². The van der Waals surface area contributed by atoms with Crippen LogP contribution in [0.3, 0.4) is 0 Å². The molecule has 0 aliphatic carbocycles. The average Bonchev–Trinajstić information content (AvgIpc) is 3.75. The Kier molecular flexibility index (Phi) is 9.13. The monoisotopic (exact) mass is 631 g/mol. The first kappa shape index (κ1) is 30.4. The Balaban J connectivity index is 1.37. The fraction of sp³-hybridized carbons (Fsp3) is 0.344. The third-order valence-electron chi connectivity index (χ3n) is 7.66. The Hall–Kier alpha value is -4.68. The molecule has 234 valence electrons. The Bertz CT molecular complexity index is 1640. The fourth-order valence-corrected chi connectivity index (χ4v) is 5.46. The van der Waals surface area contributed by atoms with Crippen LogP contribution >= 0.6 is 11.6 Å². The van der Waals surface area contributed by atoms with Gasteiger partial charge in [0, 0.05) is 55.3 Å². The second kappa shape index (κ2) is 13.5. The molecule has 2 atom stereocenters. The molecule has 1 fully saturated rings. The van der Waals surface area contributed by atoms with Crippen molar-refractivity contribution in [3.8, 4) is 22.9 Å². The highest BCUT2D eigenvalue weighted by atomic mass is 35.5. The molecule has 4 aromatic rings. The number of nitrogens with zero attached hydrogens (tertiary/aromatic N) is 6. The van der Waals surface area contributed by atoms with Gasteiger partial charge in [-0.3, -0.25) is 14.5 Å². The van der Waals surface area contributed by atoms with Crippen molar-refractivity contribution in [2.75, 3.05) is 50.3 Å². The molecule has 2 aliphatic heterocycles. The molecular weight excluding hydrogens is 598 g/mol. The van der Waals surface area contributed by atoms with Gasteiger partial charge in [0.2, 0.25) is 11.7 Å². The van der Waals surface area contributed by atoms with Gasteiger partial charge in [0.25, 0.3) is 5.91 Å². The Morgan fingerprint density at radius 1 is 0.978 bits per heavy atom. The number of anilines is 2. The number of tetrazole rings is 1. The summed E-state index contributed by atoms with van der Waals surface area (Å²) in [6.07, 6.45) is 1.73. The first-order valence-electron chi connectivity index (χ1n) is 14.8. The summed E-state index contributed by atoms with van der Waals surface area (Å²) in [6.45, 7) is 1.53. The number of carbonyl (C=O) groups excluding carboxylic acids is 2. The highest BCUT2D eigenvalue weighted by molar-refractivity contribution is 6.30. The summed E-state index contributed by atoms with van der Waals surface area (Å²) in [5, 5.41) is 16.3. The summed E-state index contributed by atoms with van der Waals surface area (Å²) in [4.78, 5) is 33.1. The van der Waals surface area contributed by atoms with Crippen LogP contribution in [0.1, 0.15) is 24.4 Å². The molecule has 2 unspecified atom stereocenters. The van der Waals surface area contributed by atoms with E-state index in [4.69, 9.17) is 25.8 Å². The molecule has 2 aliphatic rings. The number of amides is 2. The van der Waals surface area contributed by atoms with Gasteiger partial charge in [-0.2, -0.15) is 4.80 Å². The van der Waals surface area contributed by atoms with Crippen LogP contribution in [0.2, 0.25) is 5.02 Å². The number of nitrogens with one attached hydrogen (secondary N) is 1. The standard InChI is InChI=1S/C32H34ClN7O5/c1-38(2)24-11-7-21(8-12-24)30(32(42)34-19-26-4-3-15-43-26)40(25-13-14-27-28(18-25)45-17-16-44-27)29(41)20-39-36-31(35-37-39)22-5-9-23(33)10-6-22/h5-14,18,26,30H,3-4,15-17,19-20H2,1-2H3,(H,34,42). The number of hydrogen-bond acceptors (Lipinski definition) is 9. The van der Waals surface area contributed by atoms with E-state index in [0.29, 0.717) is 65.5 Å². The van der Waals surface area contributed by atoms with Crippen LogP contribution in [0.15, 0.2) is 66.7 Å². The van der Waals surface area contributed by atoms with Gasteiger partial charge in [-0.1, -0.05) is 23.7 Å². The highest BCUT2D eigenvalue weighted by Crippen LogP contribution is 2.37. The van der Waals surface area contributed by atoms with Crippen molar-refractivity contribution in [2.24, 2.45) is 0 Å². The van der Waals surface area contributed by atoms with Gasteiger partial charge in [-0.15, -0.1) is 10.2 Å². The number of carbonyl (C=O) groups is 2. The summed E-state index contributed by atoms with van der Waals surface area (Å²) in [7, 11) is 3.88. The number of rotatable bonds is 10. The second-order valence-corrected chi connectivity index (χ2v) is 11.4. The van der Waals surface area contributed by atoms with Gasteiger partial charge < -0.3 is 24.4 Å². The molecule has 12 nitrogen and oxygen atoms in total. The number of fused-ring (bicyclic) bond motifs is 1. The molecular formula is C32H34ClN7O5. The third-order valence-corrected chi connectivity index (χ3v) is 7.92. The molecule has 1 aromatic heterocycles. The van der Waals surface area contributed by atoms with Crippen LogP contribution in [0.5, 0.6) is 11.5 Å². The molecule has 2 amide bonds. The summed E-state index contributed by atoms with van der Waals surface area (Å²) >= 11 is 6.03. The summed E-state index contributed by atoms with van der Waals surface area (Å²) in [5.74, 6) is 0.621. The van der Waals surface area contributed by atoms with Crippen molar-refractivity contribution >= 4 is 34.8 Å². The normalized spacial score (nSPS) is 16.2. The van der Waals surface area contributed by atoms with Gasteiger partial charge in [0.1, 0.15) is 25.8 Å². The molecule has 3 heterocycles. The number of halogens is 1. The van der Waals surface area contributed by atoms with E-state index in [9.17, 15) is 9.59 Å².